The predicted octanol–water partition coefficient (Wildman–Crippen LogP) is 2.59. The number of nitrogens with one attached hydrogen (secondary N) is 2. The topological polar surface area (TPSA) is 101 Å². The van der Waals surface area contributed by atoms with Crippen molar-refractivity contribution in [2.45, 2.75) is 38.7 Å². The highest BCUT2D eigenvalue weighted by molar-refractivity contribution is 5.88. The summed E-state index contributed by atoms with van der Waals surface area (Å²) in [7, 11) is 0. The molecule has 3 N–H and O–H groups in total. The molecule has 1 atom stereocenters. The van der Waals surface area contributed by atoms with Gasteiger partial charge in [-0.25, -0.2) is 4.79 Å². The summed E-state index contributed by atoms with van der Waals surface area (Å²) < 4.78 is 10.3. The largest absolute Gasteiger partial charge is 0.466 e. The molecule has 0 unspecified atom stereocenters. The molecule has 2 heterocycles. The van der Waals surface area contributed by atoms with Crippen molar-refractivity contribution >= 4 is 11.8 Å². The number of nitrogens with zero attached hydrogens (tertiary/aromatic N) is 1. The van der Waals surface area contributed by atoms with Gasteiger partial charge in [0.1, 0.15) is 17.1 Å². The molecule has 0 aliphatic heterocycles. The standard InChI is InChI=1S/C15H21N3O4/c1-14(2,3)11-8-12(18-22-11)17-13(19)16-9-15(4,20)10-6-5-7-21-10/h5-8,20H,9H2,1-4H3,(H2,16,17,18,19)/t15-/m1/s1. The number of hydrogen-bond donors (Lipinski definition) is 3. The highest BCUT2D eigenvalue weighted by Crippen LogP contribution is 2.24. The van der Waals surface area contributed by atoms with Crippen LogP contribution in [0.5, 0.6) is 0 Å². The maximum absolute atomic E-state index is 11.8. The van der Waals surface area contributed by atoms with E-state index in [4.69, 9.17) is 8.94 Å². The Hall–Kier alpha value is -2.28. The number of carbonyl (C=O) groups excluding carboxylic acids is 1. The first-order valence-corrected chi connectivity index (χ1v) is 6.97. The number of aliphatic hydroxyl groups is 1. The number of rotatable bonds is 4. The molecule has 2 amide bonds. The summed E-state index contributed by atoms with van der Waals surface area (Å²) in [5, 5.41) is 19.1. The van der Waals surface area contributed by atoms with Gasteiger partial charge in [0.05, 0.1) is 12.8 Å². The lowest BCUT2D eigenvalue weighted by Gasteiger charge is -2.20. The van der Waals surface area contributed by atoms with Gasteiger partial charge in [-0.05, 0) is 19.1 Å². The molecule has 7 heteroatoms. The van der Waals surface area contributed by atoms with Crippen molar-refractivity contribution in [1.82, 2.24) is 10.5 Å². The number of carbonyl (C=O) groups is 1. The summed E-state index contributed by atoms with van der Waals surface area (Å²) >= 11 is 0. The van der Waals surface area contributed by atoms with Gasteiger partial charge >= 0.3 is 6.03 Å². The van der Waals surface area contributed by atoms with E-state index >= 15 is 0 Å². The fourth-order valence-corrected chi connectivity index (χ4v) is 1.77. The Labute approximate surface area is 128 Å². The molecule has 0 aliphatic rings. The lowest BCUT2D eigenvalue weighted by Crippen LogP contribution is -2.40. The van der Waals surface area contributed by atoms with Crippen LogP contribution in [-0.4, -0.2) is 22.8 Å². The lowest BCUT2D eigenvalue weighted by molar-refractivity contribution is 0.0372. The molecular weight excluding hydrogens is 286 g/mol. The van der Waals surface area contributed by atoms with Crippen molar-refractivity contribution in [1.29, 1.82) is 0 Å². The van der Waals surface area contributed by atoms with Gasteiger partial charge in [0.15, 0.2) is 5.82 Å². The summed E-state index contributed by atoms with van der Waals surface area (Å²) in [4.78, 5) is 11.8. The minimum absolute atomic E-state index is 0.00364. The summed E-state index contributed by atoms with van der Waals surface area (Å²) in [6.07, 6.45) is 1.47. The molecule has 0 saturated heterocycles. The van der Waals surface area contributed by atoms with Crippen LogP contribution < -0.4 is 10.6 Å². The number of amides is 2. The molecule has 0 fully saturated rings. The molecule has 0 radical (unpaired) electrons. The zero-order valence-electron chi connectivity index (χ0n) is 13.1. The first kappa shape index (κ1) is 16.1. The van der Waals surface area contributed by atoms with Crippen LogP contribution in [0.15, 0.2) is 33.4 Å². The monoisotopic (exact) mass is 307 g/mol. The van der Waals surface area contributed by atoms with E-state index in [2.05, 4.69) is 15.8 Å². The normalized spacial score (nSPS) is 14.4. The van der Waals surface area contributed by atoms with Crippen molar-refractivity contribution in [3.8, 4) is 0 Å². The van der Waals surface area contributed by atoms with Gasteiger partial charge in [0.25, 0.3) is 0 Å². The molecule has 120 valence electrons. The molecule has 22 heavy (non-hydrogen) atoms. The Morgan fingerprint density at radius 3 is 2.59 bits per heavy atom. The van der Waals surface area contributed by atoms with Crippen LogP contribution in [0.4, 0.5) is 10.6 Å². The Bertz CT molecular complexity index is 624. The Morgan fingerprint density at radius 2 is 2.05 bits per heavy atom. The Morgan fingerprint density at radius 1 is 1.32 bits per heavy atom. The van der Waals surface area contributed by atoms with Crippen molar-refractivity contribution in [3.05, 3.63) is 36.0 Å². The number of anilines is 1. The molecule has 2 aromatic heterocycles. The number of urea groups is 1. The lowest BCUT2D eigenvalue weighted by atomic mass is 9.93. The maximum atomic E-state index is 11.8. The number of aromatic nitrogens is 1. The van der Waals surface area contributed by atoms with Gasteiger partial charge in [-0.2, -0.15) is 0 Å². The number of hydrogen-bond acceptors (Lipinski definition) is 5. The van der Waals surface area contributed by atoms with Crippen molar-refractivity contribution in [2.75, 3.05) is 11.9 Å². The van der Waals surface area contributed by atoms with Crippen LogP contribution >= 0.6 is 0 Å². The van der Waals surface area contributed by atoms with Crippen molar-refractivity contribution in [2.24, 2.45) is 0 Å². The second-order valence-electron chi connectivity index (χ2n) is 6.39. The van der Waals surface area contributed by atoms with E-state index in [0.717, 1.165) is 0 Å². The Balaban J connectivity index is 1.90. The quantitative estimate of drug-likeness (QED) is 0.806. The molecule has 2 aromatic rings. The molecular formula is C15H21N3O4. The zero-order valence-corrected chi connectivity index (χ0v) is 13.1. The minimum atomic E-state index is -1.29. The second kappa shape index (κ2) is 5.84. The third-order valence-corrected chi connectivity index (χ3v) is 3.14. The molecule has 0 saturated carbocycles. The fourth-order valence-electron chi connectivity index (χ4n) is 1.77. The van der Waals surface area contributed by atoms with Gasteiger partial charge in [0, 0.05) is 11.5 Å². The molecule has 0 bridgehead atoms. The first-order chi connectivity index (χ1) is 10.2. The average molecular weight is 307 g/mol. The van der Waals surface area contributed by atoms with Crippen molar-refractivity contribution in [3.63, 3.8) is 0 Å². The molecule has 0 aliphatic carbocycles. The summed E-state index contributed by atoms with van der Waals surface area (Å²) in [5.41, 5.74) is -1.48. The molecule has 0 spiro atoms. The zero-order chi connectivity index (χ0) is 16.4. The van der Waals surface area contributed by atoms with Crippen LogP contribution in [0, 0.1) is 0 Å². The smallest absolute Gasteiger partial charge is 0.320 e. The second-order valence-corrected chi connectivity index (χ2v) is 6.39. The third-order valence-electron chi connectivity index (χ3n) is 3.14. The number of furan rings is 1. The molecule has 0 aromatic carbocycles. The highest BCUT2D eigenvalue weighted by atomic mass is 16.5. The minimum Gasteiger partial charge on any atom is -0.466 e. The fraction of sp³-hybridized carbons (Fsp3) is 0.467. The predicted molar refractivity (Wildman–Crippen MR) is 80.5 cm³/mol. The molecule has 7 nitrogen and oxygen atoms in total. The third kappa shape index (κ3) is 3.88. The van der Waals surface area contributed by atoms with Crippen LogP contribution in [-0.2, 0) is 11.0 Å². The Kier molecular flexibility index (Phi) is 4.27. The van der Waals surface area contributed by atoms with Crippen LogP contribution in [0.2, 0.25) is 0 Å². The highest BCUT2D eigenvalue weighted by Gasteiger charge is 2.27. The summed E-state index contributed by atoms with van der Waals surface area (Å²) in [5.74, 6) is 1.37. The van der Waals surface area contributed by atoms with E-state index in [9.17, 15) is 9.90 Å². The van der Waals surface area contributed by atoms with Crippen LogP contribution in [0.1, 0.15) is 39.2 Å². The summed E-state index contributed by atoms with van der Waals surface area (Å²) in [6.45, 7) is 7.50. The molecule has 2 rings (SSSR count). The first-order valence-electron chi connectivity index (χ1n) is 6.97. The van der Waals surface area contributed by atoms with Gasteiger partial charge in [-0.1, -0.05) is 25.9 Å². The van der Waals surface area contributed by atoms with E-state index < -0.39 is 11.6 Å². The van der Waals surface area contributed by atoms with E-state index in [1.165, 1.54) is 6.26 Å². The van der Waals surface area contributed by atoms with Gasteiger partial charge < -0.3 is 19.4 Å². The van der Waals surface area contributed by atoms with E-state index in [1.54, 1.807) is 25.1 Å². The van der Waals surface area contributed by atoms with Crippen molar-refractivity contribution < 1.29 is 18.8 Å². The van der Waals surface area contributed by atoms with E-state index in [-0.39, 0.29) is 12.0 Å². The van der Waals surface area contributed by atoms with Crippen LogP contribution in [0.3, 0.4) is 0 Å². The van der Waals surface area contributed by atoms with E-state index in [1.807, 2.05) is 20.8 Å². The van der Waals surface area contributed by atoms with Gasteiger partial charge in [-0.15, -0.1) is 0 Å². The SMILES string of the molecule is CC(C)(C)c1cc(NC(=O)NC[C@@](C)(O)c2ccco2)no1. The van der Waals surface area contributed by atoms with Gasteiger partial charge in [0.2, 0.25) is 0 Å². The maximum Gasteiger partial charge on any atom is 0.320 e. The van der Waals surface area contributed by atoms with Crippen LogP contribution in [0.25, 0.3) is 0 Å². The van der Waals surface area contributed by atoms with E-state index in [0.29, 0.717) is 17.3 Å². The summed E-state index contributed by atoms with van der Waals surface area (Å²) in [6, 6.07) is 4.50. The average Bonchev–Trinajstić information content (AvgIpc) is 3.06. The van der Waals surface area contributed by atoms with Gasteiger partial charge in [-0.3, -0.25) is 5.32 Å².